The lowest BCUT2D eigenvalue weighted by Crippen LogP contribution is -2.19. The van der Waals surface area contributed by atoms with Crippen LogP contribution in [0.25, 0.3) is 0 Å². The second-order valence-electron chi connectivity index (χ2n) is 2.62. The number of hydrogen-bond acceptors (Lipinski definition) is 2. The van der Waals surface area contributed by atoms with Crippen LogP contribution < -0.4 is 0 Å². The molecule has 0 aromatic carbocycles. The molecule has 0 amide bonds. The average Bonchev–Trinajstić information content (AvgIpc) is 1.98. The fraction of sp³-hybridized carbons (Fsp3) is 0.875. The number of unbranched alkanes of at least 4 members (excludes halogenated alkanes) is 1. The van der Waals surface area contributed by atoms with Gasteiger partial charge >= 0.3 is 5.97 Å². The van der Waals surface area contributed by atoms with Crippen LogP contribution in [0.3, 0.4) is 0 Å². The highest BCUT2D eigenvalue weighted by molar-refractivity contribution is 9.12. The molecule has 0 heterocycles. The maximum Gasteiger partial charge on any atom is 0.303 e. The maximum atomic E-state index is 10.6. The van der Waals surface area contributed by atoms with Crippen LogP contribution in [0, 0.1) is 0 Å². The van der Waals surface area contributed by atoms with Crippen molar-refractivity contribution in [3.8, 4) is 0 Å². The van der Waals surface area contributed by atoms with Crippen molar-refractivity contribution < 1.29 is 9.53 Å². The van der Waals surface area contributed by atoms with E-state index >= 15 is 0 Å². The van der Waals surface area contributed by atoms with Gasteiger partial charge in [-0.05, 0) is 22.4 Å². The van der Waals surface area contributed by atoms with Gasteiger partial charge in [0.25, 0.3) is 0 Å². The first-order chi connectivity index (χ1) is 5.57. The molecule has 0 aromatic heterocycles. The molecule has 0 aliphatic heterocycles. The van der Waals surface area contributed by atoms with E-state index in [-0.39, 0.29) is 15.8 Å². The number of esters is 1. The van der Waals surface area contributed by atoms with Crippen molar-refractivity contribution in [3.05, 3.63) is 0 Å². The van der Waals surface area contributed by atoms with E-state index in [2.05, 4.69) is 38.8 Å². The first kappa shape index (κ1) is 12.4. The van der Waals surface area contributed by atoms with E-state index in [4.69, 9.17) is 4.74 Å². The van der Waals surface area contributed by atoms with Gasteiger partial charge in [0.05, 0.1) is 4.83 Å². The molecule has 0 N–H and O–H groups in total. The second-order valence-corrected chi connectivity index (χ2v) is 4.70. The quantitative estimate of drug-likeness (QED) is 0.576. The summed E-state index contributed by atoms with van der Waals surface area (Å²) in [5.41, 5.74) is 0. The van der Waals surface area contributed by atoms with E-state index in [0.29, 0.717) is 0 Å². The predicted octanol–water partition coefficient (Wildman–Crippen LogP) is 3.22. The fourth-order valence-corrected chi connectivity index (χ4v) is 1.72. The molecule has 0 bridgehead atoms. The SMILES string of the molecule is CCCCC(Br)C(Br)OC(C)=O. The molecular formula is C8H14Br2O2. The second kappa shape index (κ2) is 6.89. The van der Waals surface area contributed by atoms with Gasteiger partial charge in [-0.1, -0.05) is 35.7 Å². The maximum absolute atomic E-state index is 10.6. The number of carbonyl (C=O) groups excluding carboxylic acids is 1. The average molecular weight is 302 g/mol. The molecule has 2 nitrogen and oxygen atoms in total. The van der Waals surface area contributed by atoms with E-state index in [1.165, 1.54) is 6.92 Å². The molecule has 0 spiro atoms. The lowest BCUT2D eigenvalue weighted by molar-refractivity contribution is -0.142. The van der Waals surface area contributed by atoms with E-state index in [0.717, 1.165) is 19.3 Å². The van der Waals surface area contributed by atoms with Gasteiger partial charge < -0.3 is 4.74 Å². The Kier molecular flexibility index (Phi) is 7.14. The predicted molar refractivity (Wildman–Crippen MR) is 56.7 cm³/mol. The summed E-state index contributed by atoms with van der Waals surface area (Å²) in [6, 6.07) is 0. The summed E-state index contributed by atoms with van der Waals surface area (Å²) >= 11 is 6.73. The molecule has 0 aromatic rings. The Morgan fingerprint density at radius 3 is 2.50 bits per heavy atom. The molecular weight excluding hydrogens is 288 g/mol. The molecule has 12 heavy (non-hydrogen) atoms. The van der Waals surface area contributed by atoms with Crippen LogP contribution in [0.2, 0.25) is 0 Å². The minimum Gasteiger partial charge on any atom is -0.450 e. The van der Waals surface area contributed by atoms with Gasteiger partial charge in [0, 0.05) is 6.92 Å². The highest BCUT2D eigenvalue weighted by atomic mass is 79.9. The molecule has 0 radical (unpaired) electrons. The number of hydrogen-bond donors (Lipinski definition) is 0. The van der Waals surface area contributed by atoms with Crippen LogP contribution in [0.1, 0.15) is 33.1 Å². The Morgan fingerprint density at radius 1 is 1.50 bits per heavy atom. The normalized spacial score (nSPS) is 15.3. The zero-order chi connectivity index (χ0) is 9.56. The monoisotopic (exact) mass is 300 g/mol. The smallest absolute Gasteiger partial charge is 0.303 e. The first-order valence-electron chi connectivity index (χ1n) is 4.03. The Labute approximate surface area is 90.3 Å². The van der Waals surface area contributed by atoms with E-state index in [1.807, 2.05) is 0 Å². The molecule has 4 heteroatoms. The van der Waals surface area contributed by atoms with Crippen molar-refractivity contribution in [1.29, 1.82) is 0 Å². The van der Waals surface area contributed by atoms with Crippen LogP contribution in [0.15, 0.2) is 0 Å². The van der Waals surface area contributed by atoms with Crippen molar-refractivity contribution in [2.24, 2.45) is 0 Å². The topological polar surface area (TPSA) is 26.3 Å². The van der Waals surface area contributed by atoms with Crippen molar-refractivity contribution in [3.63, 3.8) is 0 Å². The van der Waals surface area contributed by atoms with Crippen LogP contribution in [0.5, 0.6) is 0 Å². The lowest BCUT2D eigenvalue weighted by Gasteiger charge is -2.15. The molecule has 0 aliphatic rings. The molecule has 72 valence electrons. The number of carbonyl (C=O) groups is 1. The minimum absolute atomic E-state index is 0.207. The molecule has 0 saturated carbocycles. The summed E-state index contributed by atoms with van der Waals surface area (Å²) in [6.07, 6.45) is 3.31. The third kappa shape index (κ3) is 6.00. The molecule has 0 rings (SSSR count). The fourth-order valence-electron chi connectivity index (χ4n) is 0.763. The van der Waals surface area contributed by atoms with Gasteiger partial charge in [-0.2, -0.15) is 0 Å². The highest BCUT2D eigenvalue weighted by Crippen LogP contribution is 2.21. The van der Waals surface area contributed by atoms with Crippen LogP contribution in [0.4, 0.5) is 0 Å². The van der Waals surface area contributed by atoms with Gasteiger partial charge in [-0.25, -0.2) is 0 Å². The standard InChI is InChI=1S/C8H14Br2O2/c1-3-4-5-7(9)8(10)12-6(2)11/h7-8H,3-5H2,1-2H3. The first-order valence-corrected chi connectivity index (χ1v) is 5.86. The molecule has 0 fully saturated rings. The van der Waals surface area contributed by atoms with Crippen LogP contribution in [-0.4, -0.2) is 15.8 Å². The molecule has 0 saturated heterocycles. The Bertz CT molecular complexity index is 139. The summed E-state index contributed by atoms with van der Waals surface area (Å²) in [7, 11) is 0. The number of halogens is 2. The summed E-state index contributed by atoms with van der Waals surface area (Å²) < 4.78 is 4.94. The third-order valence-corrected chi connectivity index (χ3v) is 3.87. The number of alkyl halides is 2. The molecule has 2 atom stereocenters. The van der Waals surface area contributed by atoms with Crippen molar-refractivity contribution in [2.45, 2.75) is 43.0 Å². The minimum atomic E-state index is -0.252. The summed E-state index contributed by atoms with van der Waals surface area (Å²) in [5, 5.41) is -0.207. The molecule has 2 unspecified atom stereocenters. The van der Waals surface area contributed by atoms with Crippen molar-refractivity contribution in [1.82, 2.24) is 0 Å². The summed E-state index contributed by atoms with van der Waals surface area (Å²) in [4.78, 5) is 10.8. The van der Waals surface area contributed by atoms with Gasteiger partial charge in [0.2, 0.25) is 0 Å². The summed E-state index contributed by atoms with van der Waals surface area (Å²) in [5.74, 6) is -0.252. The highest BCUT2D eigenvalue weighted by Gasteiger charge is 2.17. The van der Waals surface area contributed by atoms with E-state index < -0.39 is 0 Å². The van der Waals surface area contributed by atoms with E-state index in [1.54, 1.807) is 0 Å². The van der Waals surface area contributed by atoms with Gasteiger partial charge in [0.1, 0.15) is 0 Å². The number of ether oxygens (including phenoxy) is 1. The van der Waals surface area contributed by atoms with Gasteiger partial charge in [0.15, 0.2) is 5.01 Å². The number of rotatable bonds is 5. The largest absolute Gasteiger partial charge is 0.450 e. The Hall–Kier alpha value is 0.430. The van der Waals surface area contributed by atoms with Crippen LogP contribution in [-0.2, 0) is 9.53 Å². The zero-order valence-corrected chi connectivity index (χ0v) is 10.5. The van der Waals surface area contributed by atoms with Gasteiger partial charge in [-0.3, -0.25) is 4.79 Å². The Balaban J connectivity index is 3.60. The zero-order valence-electron chi connectivity index (χ0n) is 7.35. The van der Waals surface area contributed by atoms with Crippen molar-refractivity contribution in [2.75, 3.05) is 0 Å². The van der Waals surface area contributed by atoms with Crippen LogP contribution >= 0.6 is 31.9 Å². The third-order valence-electron chi connectivity index (χ3n) is 1.40. The molecule has 0 aliphatic carbocycles. The van der Waals surface area contributed by atoms with Gasteiger partial charge in [-0.15, -0.1) is 0 Å². The van der Waals surface area contributed by atoms with E-state index in [9.17, 15) is 4.79 Å². The summed E-state index contributed by atoms with van der Waals surface area (Å²) in [6.45, 7) is 3.54. The van der Waals surface area contributed by atoms with Crippen molar-refractivity contribution >= 4 is 37.8 Å². The lowest BCUT2D eigenvalue weighted by atomic mass is 10.2. The Morgan fingerprint density at radius 2 is 2.08 bits per heavy atom.